The number of nitrogens with zero attached hydrogens (tertiary/aromatic N) is 1. The van der Waals surface area contributed by atoms with Gasteiger partial charge < -0.3 is 10.5 Å². The maximum absolute atomic E-state index is 11.7. The van der Waals surface area contributed by atoms with Gasteiger partial charge in [-0.25, -0.2) is 0 Å². The molecular formula is C16H24N2O2. The van der Waals surface area contributed by atoms with Crippen molar-refractivity contribution < 1.29 is 9.53 Å². The summed E-state index contributed by atoms with van der Waals surface area (Å²) in [5, 5.41) is 0. The summed E-state index contributed by atoms with van der Waals surface area (Å²) >= 11 is 0. The van der Waals surface area contributed by atoms with E-state index in [0.717, 1.165) is 38.0 Å². The number of ether oxygens (including phenoxy) is 1. The summed E-state index contributed by atoms with van der Waals surface area (Å²) in [7, 11) is 0. The molecule has 0 aromatic heterocycles. The van der Waals surface area contributed by atoms with E-state index in [1.807, 2.05) is 6.92 Å². The van der Waals surface area contributed by atoms with E-state index in [2.05, 4.69) is 29.2 Å². The van der Waals surface area contributed by atoms with Crippen molar-refractivity contribution in [2.45, 2.75) is 32.9 Å². The molecule has 1 aromatic carbocycles. The van der Waals surface area contributed by atoms with E-state index in [4.69, 9.17) is 10.5 Å². The number of rotatable bonds is 5. The Balaban J connectivity index is 1.80. The van der Waals surface area contributed by atoms with Crippen molar-refractivity contribution >= 4 is 5.97 Å². The van der Waals surface area contributed by atoms with Crippen LogP contribution >= 0.6 is 0 Å². The highest BCUT2D eigenvalue weighted by atomic mass is 16.5. The minimum atomic E-state index is -0.0283. The van der Waals surface area contributed by atoms with Crippen molar-refractivity contribution in [3.63, 3.8) is 0 Å². The summed E-state index contributed by atoms with van der Waals surface area (Å²) in [6.45, 7) is 5.79. The molecule has 2 N–H and O–H groups in total. The summed E-state index contributed by atoms with van der Waals surface area (Å²) < 4.78 is 5.09. The maximum Gasteiger partial charge on any atom is 0.309 e. The fourth-order valence-corrected chi connectivity index (χ4v) is 2.63. The molecule has 0 amide bonds. The Bertz CT molecular complexity index is 423. The number of carbonyl (C=O) groups is 1. The third kappa shape index (κ3) is 4.05. The van der Waals surface area contributed by atoms with Crippen molar-refractivity contribution in [1.82, 2.24) is 4.90 Å². The van der Waals surface area contributed by atoms with Gasteiger partial charge in [0.15, 0.2) is 0 Å². The van der Waals surface area contributed by atoms with E-state index in [0.29, 0.717) is 13.2 Å². The zero-order chi connectivity index (χ0) is 14.4. The molecule has 4 nitrogen and oxygen atoms in total. The largest absolute Gasteiger partial charge is 0.466 e. The zero-order valence-corrected chi connectivity index (χ0v) is 12.2. The summed E-state index contributed by atoms with van der Waals surface area (Å²) in [4.78, 5) is 14.1. The average Bonchev–Trinajstić information content (AvgIpc) is 2.49. The average molecular weight is 276 g/mol. The molecule has 1 aliphatic heterocycles. The molecule has 0 saturated carbocycles. The highest BCUT2D eigenvalue weighted by Crippen LogP contribution is 2.20. The van der Waals surface area contributed by atoms with Crippen molar-refractivity contribution in [2.24, 2.45) is 11.7 Å². The molecule has 1 heterocycles. The molecule has 2 rings (SSSR count). The van der Waals surface area contributed by atoms with Crippen LogP contribution in [0.4, 0.5) is 0 Å². The molecular weight excluding hydrogens is 252 g/mol. The van der Waals surface area contributed by atoms with Crippen LogP contribution in [-0.4, -0.2) is 30.6 Å². The topological polar surface area (TPSA) is 55.6 Å². The molecule has 0 aliphatic carbocycles. The van der Waals surface area contributed by atoms with Gasteiger partial charge in [-0.1, -0.05) is 24.3 Å². The number of piperidine rings is 1. The molecule has 0 unspecified atom stereocenters. The molecule has 20 heavy (non-hydrogen) atoms. The molecule has 1 saturated heterocycles. The molecule has 0 atom stereocenters. The van der Waals surface area contributed by atoms with Crippen LogP contribution < -0.4 is 5.73 Å². The van der Waals surface area contributed by atoms with Crippen LogP contribution in [0.25, 0.3) is 0 Å². The summed E-state index contributed by atoms with van der Waals surface area (Å²) in [6, 6.07) is 8.45. The first kappa shape index (κ1) is 15.0. The lowest BCUT2D eigenvalue weighted by Crippen LogP contribution is -2.36. The SMILES string of the molecule is CCOC(=O)C1CCN(Cc2ccc(CN)cc2)CC1. The predicted molar refractivity (Wildman–Crippen MR) is 79.0 cm³/mol. The second kappa shape index (κ2) is 7.41. The lowest BCUT2D eigenvalue weighted by molar-refractivity contribution is -0.149. The molecule has 4 heteroatoms. The summed E-state index contributed by atoms with van der Waals surface area (Å²) in [5.74, 6) is 0.0604. The highest BCUT2D eigenvalue weighted by Gasteiger charge is 2.25. The molecule has 1 fully saturated rings. The number of likely N-dealkylation sites (tertiary alicyclic amines) is 1. The van der Waals surface area contributed by atoms with Gasteiger partial charge in [0.05, 0.1) is 12.5 Å². The molecule has 1 aromatic rings. The monoisotopic (exact) mass is 276 g/mol. The van der Waals surface area contributed by atoms with Gasteiger partial charge in [0, 0.05) is 13.1 Å². The second-order valence-electron chi connectivity index (χ2n) is 5.32. The number of esters is 1. The molecule has 0 spiro atoms. The first-order valence-corrected chi connectivity index (χ1v) is 7.39. The Hall–Kier alpha value is -1.39. The summed E-state index contributed by atoms with van der Waals surface area (Å²) in [5.41, 5.74) is 8.06. The van der Waals surface area contributed by atoms with Gasteiger partial charge in [-0.05, 0) is 44.0 Å². The lowest BCUT2D eigenvalue weighted by Gasteiger charge is -2.30. The Morgan fingerprint density at radius 3 is 2.40 bits per heavy atom. The van der Waals surface area contributed by atoms with Crippen LogP contribution in [0.5, 0.6) is 0 Å². The van der Waals surface area contributed by atoms with Crippen molar-refractivity contribution in [2.75, 3.05) is 19.7 Å². The van der Waals surface area contributed by atoms with Crippen molar-refractivity contribution in [3.8, 4) is 0 Å². The quantitative estimate of drug-likeness (QED) is 0.835. The normalized spacial score (nSPS) is 17.1. The van der Waals surface area contributed by atoms with Gasteiger partial charge in [-0.15, -0.1) is 0 Å². The van der Waals surface area contributed by atoms with Gasteiger partial charge in [0.1, 0.15) is 0 Å². The van der Waals surface area contributed by atoms with E-state index in [1.165, 1.54) is 5.56 Å². The number of nitrogens with two attached hydrogens (primary N) is 1. The fourth-order valence-electron chi connectivity index (χ4n) is 2.63. The number of benzene rings is 1. The molecule has 110 valence electrons. The molecule has 0 bridgehead atoms. The second-order valence-corrected chi connectivity index (χ2v) is 5.32. The Labute approximate surface area is 120 Å². The molecule has 0 radical (unpaired) electrons. The Morgan fingerprint density at radius 2 is 1.85 bits per heavy atom. The van der Waals surface area contributed by atoms with E-state index in [-0.39, 0.29) is 11.9 Å². The highest BCUT2D eigenvalue weighted by molar-refractivity contribution is 5.72. The lowest BCUT2D eigenvalue weighted by atomic mass is 9.96. The summed E-state index contributed by atoms with van der Waals surface area (Å²) in [6.07, 6.45) is 1.80. The van der Waals surface area contributed by atoms with Crippen LogP contribution in [0.15, 0.2) is 24.3 Å². The molecule has 1 aliphatic rings. The van der Waals surface area contributed by atoms with Gasteiger partial charge in [-0.2, -0.15) is 0 Å². The minimum absolute atomic E-state index is 0.0283. The zero-order valence-electron chi connectivity index (χ0n) is 12.2. The third-order valence-electron chi connectivity index (χ3n) is 3.87. The standard InChI is InChI=1S/C16H24N2O2/c1-2-20-16(19)15-7-9-18(10-8-15)12-14-5-3-13(11-17)4-6-14/h3-6,15H,2,7-12,17H2,1H3. The van der Waals surface area contributed by atoms with Crippen molar-refractivity contribution in [3.05, 3.63) is 35.4 Å². The number of hydrogen-bond donors (Lipinski definition) is 1. The smallest absolute Gasteiger partial charge is 0.309 e. The van der Waals surface area contributed by atoms with Gasteiger partial charge in [0.2, 0.25) is 0 Å². The van der Waals surface area contributed by atoms with Crippen LogP contribution in [-0.2, 0) is 22.6 Å². The number of hydrogen-bond acceptors (Lipinski definition) is 4. The third-order valence-corrected chi connectivity index (χ3v) is 3.87. The first-order chi connectivity index (χ1) is 9.72. The Kier molecular flexibility index (Phi) is 5.56. The van der Waals surface area contributed by atoms with Gasteiger partial charge in [-0.3, -0.25) is 9.69 Å². The van der Waals surface area contributed by atoms with Gasteiger partial charge in [0.25, 0.3) is 0 Å². The van der Waals surface area contributed by atoms with E-state index in [1.54, 1.807) is 0 Å². The van der Waals surface area contributed by atoms with Crippen LogP contribution in [0, 0.1) is 5.92 Å². The predicted octanol–water partition coefficient (Wildman–Crippen LogP) is 1.92. The number of carbonyl (C=O) groups excluding carboxylic acids is 1. The Morgan fingerprint density at radius 1 is 1.25 bits per heavy atom. The van der Waals surface area contributed by atoms with Crippen LogP contribution in [0.2, 0.25) is 0 Å². The first-order valence-electron chi connectivity index (χ1n) is 7.39. The van der Waals surface area contributed by atoms with Gasteiger partial charge >= 0.3 is 5.97 Å². The van der Waals surface area contributed by atoms with E-state index < -0.39 is 0 Å². The van der Waals surface area contributed by atoms with E-state index in [9.17, 15) is 4.79 Å². The van der Waals surface area contributed by atoms with Crippen LogP contribution in [0.3, 0.4) is 0 Å². The fraction of sp³-hybridized carbons (Fsp3) is 0.562. The van der Waals surface area contributed by atoms with Crippen LogP contribution in [0.1, 0.15) is 30.9 Å². The van der Waals surface area contributed by atoms with E-state index >= 15 is 0 Å². The minimum Gasteiger partial charge on any atom is -0.466 e. The van der Waals surface area contributed by atoms with Crippen molar-refractivity contribution in [1.29, 1.82) is 0 Å². The maximum atomic E-state index is 11.7.